The average Bonchev–Trinajstić information content (AvgIpc) is 2.38. The third-order valence-electron chi connectivity index (χ3n) is 2.29. The predicted octanol–water partition coefficient (Wildman–Crippen LogP) is 0.450. The molecule has 1 aromatic carbocycles. The Hall–Kier alpha value is -2.04. The van der Waals surface area contributed by atoms with E-state index in [0.717, 1.165) is 0 Å². The van der Waals surface area contributed by atoms with Gasteiger partial charge in [-0.25, -0.2) is 8.42 Å². The van der Waals surface area contributed by atoms with E-state index in [4.69, 9.17) is 16.3 Å². The molecule has 102 valence electrons. The standard InChI is InChI=1S/C12H13NO5S/c1-3-4-11(12(14)15)13-19(16,17)10-7-5-9(18-2)6-8-10/h1,5-8,11,13H,4H2,2H3,(H,14,15)/t11-/m1/s1. The fourth-order valence-electron chi connectivity index (χ4n) is 1.31. The number of ether oxygens (including phenoxy) is 1. The molecule has 1 rings (SSSR count). The van der Waals surface area contributed by atoms with Gasteiger partial charge in [0.15, 0.2) is 0 Å². The van der Waals surface area contributed by atoms with E-state index >= 15 is 0 Å². The number of benzene rings is 1. The topological polar surface area (TPSA) is 92.7 Å². The summed E-state index contributed by atoms with van der Waals surface area (Å²) in [5.74, 6) is 1.29. The molecule has 1 atom stereocenters. The van der Waals surface area contributed by atoms with Crippen LogP contribution in [0.4, 0.5) is 0 Å². The van der Waals surface area contributed by atoms with Crippen LogP contribution in [-0.2, 0) is 14.8 Å². The Balaban J connectivity index is 2.96. The minimum Gasteiger partial charge on any atom is -0.497 e. The zero-order valence-electron chi connectivity index (χ0n) is 10.2. The maximum atomic E-state index is 11.9. The molecule has 0 saturated carbocycles. The molecule has 0 radical (unpaired) electrons. The van der Waals surface area contributed by atoms with Gasteiger partial charge >= 0.3 is 5.97 Å². The SMILES string of the molecule is C#CC[C@@H](NS(=O)(=O)c1ccc(OC)cc1)C(=O)O. The molecule has 19 heavy (non-hydrogen) atoms. The Morgan fingerprint density at radius 1 is 1.47 bits per heavy atom. The summed E-state index contributed by atoms with van der Waals surface area (Å²) in [5, 5.41) is 8.85. The zero-order chi connectivity index (χ0) is 14.5. The van der Waals surface area contributed by atoms with Crippen LogP contribution in [0.5, 0.6) is 5.75 Å². The van der Waals surface area contributed by atoms with Crippen LogP contribution in [0.25, 0.3) is 0 Å². The van der Waals surface area contributed by atoms with Crippen molar-refractivity contribution in [1.82, 2.24) is 4.72 Å². The molecule has 0 fully saturated rings. The first-order chi connectivity index (χ1) is 8.90. The Kier molecular flexibility index (Phi) is 4.92. The lowest BCUT2D eigenvalue weighted by molar-refractivity contribution is -0.138. The number of terminal acetylenes is 1. The van der Waals surface area contributed by atoms with E-state index in [9.17, 15) is 13.2 Å². The smallest absolute Gasteiger partial charge is 0.322 e. The van der Waals surface area contributed by atoms with Gasteiger partial charge in [0.2, 0.25) is 10.0 Å². The van der Waals surface area contributed by atoms with E-state index in [1.54, 1.807) is 0 Å². The number of aliphatic carboxylic acids is 1. The van der Waals surface area contributed by atoms with Crippen LogP contribution in [0.3, 0.4) is 0 Å². The van der Waals surface area contributed by atoms with Crippen LogP contribution in [0.2, 0.25) is 0 Å². The number of sulfonamides is 1. The largest absolute Gasteiger partial charge is 0.497 e. The Labute approximate surface area is 111 Å². The Bertz CT molecular complexity index is 586. The van der Waals surface area contributed by atoms with Gasteiger partial charge in [0, 0.05) is 6.42 Å². The van der Waals surface area contributed by atoms with Crippen molar-refractivity contribution in [2.24, 2.45) is 0 Å². The van der Waals surface area contributed by atoms with E-state index in [1.165, 1.54) is 31.4 Å². The molecule has 0 aromatic heterocycles. The molecule has 7 heteroatoms. The Morgan fingerprint density at radius 3 is 2.47 bits per heavy atom. The molecular weight excluding hydrogens is 270 g/mol. The third kappa shape index (κ3) is 3.98. The van der Waals surface area contributed by atoms with E-state index < -0.39 is 22.0 Å². The van der Waals surface area contributed by atoms with Crippen LogP contribution in [0, 0.1) is 12.3 Å². The van der Waals surface area contributed by atoms with Gasteiger partial charge in [-0.05, 0) is 24.3 Å². The van der Waals surface area contributed by atoms with E-state index in [2.05, 4.69) is 5.92 Å². The molecule has 0 unspecified atom stereocenters. The highest BCUT2D eigenvalue weighted by atomic mass is 32.2. The number of carboxylic acids is 1. The van der Waals surface area contributed by atoms with Crippen molar-refractivity contribution in [1.29, 1.82) is 0 Å². The molecule has 6 nitrogen and oxygen atoms in total. The molecule has 0 amide bonds. The maximum absolute atomic E-state index is 11.9. The van der Waals surface area contributed by atoms with Gasteiger partial charge in [-0.2, -0.15) is 4.72 Å². The summed E-state index contributed by atoms with van der Waals surface area (Å²) < 4.78 is 30.8. The lowest BCUT2D eigenvalue weighted by Gasteiger charge is -2.12. The molecule has 1 aromatic rings. The van der Waals surface area contributed by atoms with Gasteiger partial charge in [0.05, 0.1) is 12.0 Å². The van der Waals surface area contributed by atoms with Crippen LogP contribution >= 0.6 is 0 Å². The van der Waals surface area contributed by atoms with Crippen molar-refractivity contribution in [2.45, 2.75) is 17.4 Å². The van der Waals surface area contributed by atoms with Crippen LogP contribution < -0.4 is 9.46 Å². The van der Waals surface area contributed by atoms with Crippen LogP contribution in [0.1, 0.15) is 6.42 Å². The zero-order valence-corrected chi connectivity index (χ0v) is 11.0. The number of hydrogen-bond acceptors (Lipinski definition) is 4. The molecule has 0 heterocycles. The molecule has 0 bridgehead atoms. The van der Waals surface area contributed by atoms with E-state index in [-0.39, 0.29) is 11.3 Å². The highest BCUT2D eigenvalue weighted by molar-refractivity contribution is 7.89. The highest BCUT2D eigenvalue weighted by Gasteiger charge is 2.24. The first kappa shape index (κ1) is 15.0. The molecular formula is C12H13NO5S. The first-order valence-electron chi connectivity index (χ1n) is 5.23. The van der Waals surface area contributed by atoms with Gasteiger partial charge < -0.3 is 9.84 Å². The summed E-state index contributed by atoms with van der Waals surface area (Å²) in [5.41, 5.74) is 0. The number of nitrogens with one attached hydrogen (secondary N) is 1. The Morgan fingerprint density at radius 2 is 2.05 bits per heavy atom. The minimum absolute atomic E-state index is 0.0587. The number of carboxylic acid groups (broad SMARTS) is 1. The van der Waals surface area contributed by atoms with Gasteiger partial charge in [-0.3, -0.25) is 4.79 Å². The van der Waals surface area contributed by atoms with Crippen LogP contribution in [0.15, 0.2) is 29.2 Å². The summed E-state index contributed by atoms with van der Waals surface area (Å²) in [7, 11) is -2.48. The van der Waals surface area contributed by atoms with Gasteiger partial charge in [0.1, 0.15) is 11.8 Å². The van der Waals surface area contributed by atoms with Crippen molar-refractivity contribution in [3.8, 4) is 18.1 Å². The lowest BCUT2D eigenvalue weighted by atomic mass is 10.2. The van der Waals surface area contributed by atoms with E-state index in [0.29, 0.717) is 5.75 Å². The van der Waals surface area contributed by atoms with E-state index in [1.807, 2.05) is 4.72 Å². The summed E-state index contributed by atoms with van der Waals surface area (Å²) in [6.07, 6.45) is 4.77. The van der Waals surface area contributed by atoms with Crippen molar-refractivity contribution >= 4 is 16.0 Å². The van der Waals surface area contributed by atoms with Crippen molar-refractivity contribution < 1.29 is 23.1 Å². The second kappa shape index (κ2) is 6.22. The lowest BCUT2D eigenvalue weighted by Crippen LogP contribution is -2.40. The molecule has 0 saturated heterocycles. The van der Waals surface area contributed by atoms with Gasteiger partial charge in [-0.15, -0.1) is 12.3 Å². The number of methoxy groups -OCH3 is 1. The summed E-state index contributed by atoms with van der Waals surface area (Å²) in [6, 6.07) is 4.21. The molecule has 2 N–H and O–H groups in total. The van der Waals surface area contributed by atoms with Crippen molar-refractivity contribution in [2.75, 3.05) is 7.11 Å². The summed E-state index contributed by atoms with van der Waals surface area (Å²) in [4.78, 5) is 10.8. The number of carbonyl (C=O) groups is 1. The molecule has 0 aliphatic carbocycles. The summed E-state index contributed by atoms with van der Waals surface area (Å²) in [6.45, 7) is 0. The average molecular weight is 283 g/mol. The quantitative estimate of drug-likeness (QED) is 0.739. The highest BCUT2D eigenvalue weighted by Crippen LogP contribution is 2.15. The third-order valence-corrected chi connectivity index (χ3v) is 3.77. The number of rotatable bonds is 6. The van der Waals surface area contributed by atoms with Crippen molar-refractivity contribution in [3.63, 3.8) is 0 Å². The second-order valence-corrected chi connectivity index (χ2v) is 5.31. The summed E-state index contributed by atoms with van der Waals surface area (Å²) >= 11 is 0. The minimum atomic E-state index is -3.93. The molecule has 0 spiro atoms. The fourth-order valence-corrected chi connectivity index (χ4v) is 2.50. The van der Waals surface area contributed by atoms with Crippen LogP contribution in [-0.4, -0.2) is 32.6 Å². The second-order valence-electron chi connectivity index (χ2n) is 3.60. The fraction of sp³-hybridized carbons (Fsp3) is 0.250. The predicted molar refractivity (Wildman–Crippen MR) is 68.2 cm³/mol. The monoisotopic (exact) mass is 283 g/mol. The maximum Gasteiger partial charge on any atom is 0.322 e. The number of hydrogen-bond donors (Lipinski definition) is 2. The molecule has 0 aliphatic heterocycles. The molecule has 0 aliphatic rings. The van der Waals surface area contributed by atoms with Crippen molar-refractivity contribution in [3.05, 3.63) is 24.3 Å². The van der Waals surface area contributed by atoms with Gasteiger partial charge in [-0.1, -0.05) is 0 Å². The normalized spacial score (nSPS) is 12.4. The van der Waals surface area contributed by atoms with Gasteiger partial charge in [0.25, 0.3) is 0 Å². The first-order valence-corrected chi connectivity index (χ1v) is 6.71.